The summed E-state index contributed by atoms with van der Waals surface area (Å²) in [7, 11) is 3.27. The Morgan fingerprint density at radius 3 is 2.70 bits per heavy atom. The summed E-state index contributed by atoms with van der Waals surface area (Å²) in [4.78, 5) is 18.4. The number of methoxy groups -OCH3 is 2. The third kappa shape index (κ3) is 6.27. The van der Waals surface area contributed by atoms with E-state index in [1.807, 2.05) is 19.1 Å². The standard InChI is InChI=1S/C35H41FN2O5/c1-21(35(39)40)34(23-7-8-23)25-9-6-22-11-13-31(43-32(22)16-25)24-10-12-28(29-17-33(42-3)37-18-30(29)36)26(15-24)19-38-14-4-5-27(38)20-41-2/h6,9-10,12,15-18,21,23,27,31,34H,4-5,7-8,11,13-14,19-20H2,1-3H3,(H,39,40)/t21-,27-,31+,34?/m0/s1. The molecular weight excluding hydrogens is 547 g/mol. The number of nitrogens with zero attached hydrogens (tertiary/aromatic N) is 2. The van der Waals surface area contributed by atoms with Gasteiger partial charge >= 0.3 is 5.97 Å². The first-order valence-electron chi connectivity index (χ1n) is 15.4. The van der Waals surface area contributed by atoms with Crippen molar-refractivity contribution >= 4 is 5.97 Å². The van der Waals surface area contributed by atoms with Crippen LogP contribution in [-0.2, 0) is 22.5 Å². The SMILES string of the molecule is COC[C@@H]1CCCN1Cc1cc([C@H]2CCc3ccc(C(C4CC4)[C@H](C)C(=O)O)cc3O2)ccc1-c1cc(OC)ncc1F. The molecule has 1 saturated carbocycles. The highest BCUT2D eigenvalue weighted by Gasteiger charge is 2.39. The Bertz CT molecular complexity index is 1470. The van der Waals surface area contributed by atoms with Gasteiger partial charge in [0.15, 0.2) is 0 Å². The number of likely N-dealkylation sites (tertiary alicyclic amines) is 1. The van der Waals surface area contributed by atoms with Crippen LogP contribution >= 0.6 is 0 Å². The zero-order chi connectivity index (χ0) is 30.1. The van der Waals surface area contributed by atoms with Gasteiger partial charge in [0.1, 0.15) is 17.7 Å². The molecule has 0 bridgehead atoms. The molecule has 7 nitrogen and oxygen atoms in total. The van der Waals surface area contributed by atoms with Gasteiger partial charge in [-0.1, -0.05) is 37.3 Å². The fourth-order valence-corrected chi connectivity index (χ4v) is 7.05. The van der Waals surface area contributed by atoms with Crippen molar-refractivity contribution in [3.63, 3.8) is 0 Å². The lowest BCUT2D eigenvalue weighted by Crippen LogP contribution is -2.32. The quantitative estimate of drug-likeness (QED) is 0.264. The lowest BCUT2D eigenvalue weighted by Gasteiger charge is -2.30. The van der Waals surface area contributed by atoms with Gasteiger partial charge in [-0.3, -0.25) is 9.69 Å². The maximum Gasteiger partial charge on any atom is 0.306 e. The number of carbonyl (C=O) groups is 1. The largest absolute Gasteiger partial charge is 0.485 e. The molecular formula is C35H41FN2O5. The summed E-state index contributed by atoms with van der Waals surface area (Å²) >= 11 is 0. The molecule has 3 aromatic rings. The van der Waals surface area contributed by atoms with Crippen LogP contribution in [0, 0.1) is 17.7 Å². The second-order valence-electron chi connectivity index (χ2n) is 12.3. The van der Waals surface area contributed by atoms with Crippen LogP contribution in [0.15, 0.2) is 48.7 Å². The summed E-state index contributed by atoms with van der Waals surface area (Å²) in [6, 6.07) is 14.5. The number of hydrogen-bond donors (Lipinski definition) is 1. The van der Waals surface area contributed by atoms with Crippen LogP contribution in [-0.4, -0.2) is 54.4 Å². The smallest absolute Gasteiger partial charge is 0.306 e. The van der Waals surface area contributed by atoms with E-state index in [-0.39, 0.29) is 17.8 Å². The Labute approximate surface area is 253 Å². The Morgan fingerprint density at radius 2 is 1.95 bits per heavy atom. The average Bonchev–Trinajstić information content (AvgIpc) is 3.76. The van der Waals surface area contributed by atoms with Gasteiger partial charge in [0, 0.05) is 31.3 Å². The molecule has 43 heavy (non-hydrogen) atoms. The van der Waals surface area contributed by atoms with Crippen molar-refractivity contribution < 1.29 is 28.5 Å². The number of benzene rings is 2. The fourth-order valence-electron chi connectivity index (χ4n) is 7.05. The van der Waals surface area contributed by atoms with Crippen LogP contribution in [0.3, 0.4) is 0 Å². The van der Waals surface area contributed by atoms with E-state index in [4.69, 9.17) is 14.2 Å². The molecule has 8 heteroatoms. The summed E-state index contributed by atoms with van der Waals surface area (Å²) in [5, 5.41) is 9.77. The molecule has 0 radical (unpaired) electrons. The van der Waals surface area contributed by atoms with Crippen molar-refractivity contribution in [2.75, 3.05) is 27.4 Å². The number of rotatable bonds is 11. The van der Waals surface area contributed by atoms with Gasteiger partial charge in [0.2, 0.25) is 5.88 Å². The number of carboxylic acid groups (broad SMARTS) is 1. The van der Waals surface area contributed by atoms with Crippen molar-refractivity contribution in [3.8, 4) is 22.8 Å². The van der Waals surface area contributed by atoms with Gasteiger partial charge in [0.05, 0.1) is 25.8 Å². The molecule has 4 atom stereocenters. The molecule has 1 unspecified atom stereocenters. The first-order chi connectivity index (χ1) is 20.9. The van der Waals surface area contributed by atoms with E-state index >= 15 is 4.39 Å². The number of aryl methyl sites for hydroxylation is 1. The zero-order valence-electron chi connectivity index (χ0n) is 25.2. The number of carboxylic acids is 1. The highest BCUT2D eigenvalue weighted by Crippen LogP contribution is 2.48. The number of halogens is 1. The van der Waals surface area contributed by atoms with Crippen LogP contribution in [0.4, 0.5) is 4.39 Å². The topological polar surface area (TPSA) is 81.1 Å². The molecule has 228 valence electrons. The normalized spacial score (nSPS) is 21.6. The second-order valence-corrected chi connectivity index (χ2v) is 12.3. The highest BCUT2D eigenvalue weighted by molar-refractivity contribution is 5.71. The summed E-state index contributed by atoms with van der Waals surface area (Å²) in [6.45, 7) is 4.12. The van der Waals surface area contributed by atoms with Crippen molar-refractivity contribution in [1.82, 2.24) is 9.88 Å². The van der Waals surface area contributed by atoms with Gasteiger partial charge in [-0.2, -0.15) is 0 Å². The van der Waals surface area contributed by atoms with Crippen LogP contribution in [0.5, 0.6) is 11.6 Å². The van der Waals surface area contributed by atoms with E-state index in [1.54, 1.807) is 13.2 Å². The lowest BCUT2D eigenvalue weighted by molar-refractivity contribution is -0.142. The Kier molecular flexibility index (Phi) is 8.68. The molecule has 1 saturated heterocycles. The molecule has 3 aliphatic rings. The number of ether oxygens (including phenoxy) is 3. The molecule has 2 aromatic carbocycles. The monoisotopic (exact) mass is 588 g/mol. The van der Waals surface area contributed by atoms with Gasteiger partial charge in [0.25, 0.3) is 0 Å². The van der Waals surface area contributed by atoms with Crippen LogP contribution in [0.1, 0.15) is 73.3 Å². The number of pyridine rings is 1. The van der Waals surface area contributed by atoms with Crippen molar-refractivity contribution in [3.05, 3.63) is 76.7 Å². The highest BCUT2D eigenvalue weighted by atomic mass is 19.1. The van der Waals surface area contributed by atoms with Crippen molar-refractivity contribution in [1.29, 1.82) is 0 Å². The number of hydrogen-bond acceptors (Lipinski definition) is 6. The summed E-state index contributed by atoms with van der Waals surface area (Å²) in [5.41, 5.74) is 5.57. The van der Waals surface area contributed by atoms with E-state index in [1.165, 1.54) is 13.3 Å². The molecule has 0 spiro atoms. The minimum absolute atomic E-state index is 0.00887. The average molecular weight is 589 g/mol. The zero-order valence-corrected chi connectivity index (χ0v) is 25.2. The molecule has 0 amide bonds. The first-order valence-corrected chi connectivity index (χ1v) is 15.4. The summed E-state index contributed by atoms with van der Waals surface area (Å²) in [5.74, 6) is 0.0289. The molecule has 2 fully saturated rings. The van der Waals surface area contributed by atoms with E-state index in [0.29, 0.717) is 36.6 Å². The maximum atomic E-state index is 15.2. The maximum absolute atomic E-state index is 15.2. The van der Waals surface area contributed by atoms with Crippen molar-refractivity contribution in [2.45, 2.75) is 70.1 Å². The Hall–Kier alpha value is -3.49. The van der Waals surface area contributed by atoms with E-state index in [9.17, 15) is 9.90 Å². The number of fused-ring (bicyclic) bond motifs is 1. The van der Waals surface area contributed by atoms with E-state index in [2.05, 4.69) is 34.1 Å². The fraction of sp³-hybridized carbons (Fsp3) is 0.486. The third-order valence-electron chi connectivity index (χ3n) is 9.54. The molecule has 1 aromatic heterocycles. The summed E-state index contributed by atoms with van der Waals surface area (Å²) in [6.07, 6.45) is 7.09. The van der Waals surface area contributed by atoms with Crippen LogP contribution in [0.25, 0.3) is 11.1 Å². The number of aliphatic carboxylic acids is 1. The Morgan fingerprint density at radius 1 is 1.12 bits per heavy atom. The van der Waals surface area contributed by atoms with Crippen molar-refractivity contribution in [2.24, 2.45) is 11.8 Å². The van der Waals surface area contributed by atoms with Gasteiger partial charge in [-0.25, -0.2) is 9.37 Å². The van der Waals surface area contributed by atoms with Gasteiger partial charge in [-0.15, -0.1) is 0 Å². The van der Waals surface area contributed by atoms with Crippen LogP contribution in [0.2, 0.25) is 0 Å². The van der Waals surface area contributed by atoms with Gasteiger partial charge < -0.3 is 19.3 Å². The summed E-state index contributed by atoms with van der Waals surface area (Å²) < 4.78 is 32.6. The lowest BCUT2D eigenvalue weighted by atomic mass is 9.82. The van der Waals surface area contributed by atoms with E-state index in [0.717, 1.165) is 78.6 Å². The predicted molar refractivity (Wildman–Crippen MR) is 162 cm³/mol. The minimum Gasteiger partial charge on any atom is -0.485 e. The van der Waals surface area contributed by atoms with Gasteiger partial charge in [-0.05, 0) is 90.8 Å². The molecule has 1 aliphatic carbocycles. The second kappa shape index (κ2) is 12.6. The van der Waals surface area contributed by atoms with E-state index < -0.39 is 11.9 Å². The molecule has 2 aliphatic heterocycles. The number of aromatic nitrogens is 1. The first kappa shape index (κ1) is 29.6. The molecule has 6 rings (SSSR count). The molecule has 1 N–H and O–H groups in total. The third-order valence-corrected chi connectivity index (χ3v) is 9.54. The molecule has 3 heterocycles. The van der Waals surface area contributed by atoms with Crippen LogP contribution < -0.4 is 9.47 Å². The Balaban J connectivity index is 1.32. The predicted octanol–water partition coefficient (Wildman–Crippen LogP) is 6.79. The minimum atomic E-state index is -0.755.